The first-order chi connectivity index (χ1) is 6.07. The van der Waals surface area contributed by atoms with Crippen LogP contribution in [0.5, 0.6) is 0 Å². The van der Waals surface area contributed by atoms with E-state index in [1.165, 1.54) is 0 Å². The molecule has 1 unspecified atom stereocenters. The van der Waals surface area contributed by atoms with Gasteiger partial charge in [-0.2, -0.15) is 0 Å². The minimum absolute atomic E-state index is 0.0824. The number of carbonyl (C=O) groups is 2. The molecule has 1 atom stereocenters. The standard InChI is InChI=1S/C9H18N2O2/c1-2-3-4-5-7(9(11)13)6-8(10)12/h7H,2-6H2,1H3,(H2,10,12)(H2,11,13). The van der Waals surface area contributed by atoms with E-state index in [1.54, 1.807) is 0 Å². The molecule has 4 heteroatoms. The second-order valence-corrected chi connectivity index (χ2v) is 3.27. The first-order valence-corrected chi connectivity index (χ1v) is 4.65. The normalized spacial score (nSPS) is 12.4. The second-order valence-electron chi connectivity index (χ2n) is 3.27. The molecule has 0 heterocycles. The van der Waals surface area contributed by atoms with Crippen LogP contribution in [0.1, 0.15) is 39.0 Å². The largest absolute Gasteiger partial charge is 0.370 e. The van der Waals surface area contributed by atoms with Crippen LogP contribution >= 0.6 is 0 Å². The quantitative estimate of drug-likeness (QED) is 0.569. The first-order valence-electron chi connectivity index (χ1n) is 4.65. The summed E-state index contributed by atoms with van der Waals surface area (Å²) >= 11 is 0. The van der Waals surface area contributed by atoms with E-state index in [4.69, 9.17) is 11.5 Å². The molecule has 0 aromatic rings. The molecule has 0 aliphatic carbocycles. The van der Waals surface area contributed by atoms with E-state index in [2.05, 4.69) is 6.92 Å². The summed E-state index contributed by atoms with van der Waals surface area (Å²) in [5.41, 5.74) is 10.1. The molecule has 13 heavy (non-hydrogen) atoms. The summed E-state index contributed by atoms with van der Waals surface area (Å²) in [4.78, 5) is 21.4. The predicted octanol–water partition coefficient (Wildman–Crippen LogP) is 0.544. The van der Waals surface area contributed by atoms with Gasteiger partial charge in [-0.1, -0.05) is 26.2 Å². The highest BCUT2D eigenvalue weighted by molar-refractivity contribution is 5.83. The van der Waals surface area contributed by atoms with E-state index in [-0.39, 0.29) is 12.3 Å². The Balaban J connectivity index is 3.81. The Bertz CT molecular complexity index is 180. The maximum absolute atomic E-state index is 10.8. The third kappa shape index (κ3) is 6.13. The van der Waals surface area contributed by atoms with Gasteiger partial charge in [-0.25, -0.2) is 0 Å². The van der Waals surface area contributed by atoms with Crippen molar-refractivity contribution < 1.29 is 9.59 Å². The highest BCUT2D eigenvalue weighted by Gasteiger charge is 2.16. The molecular formula is C9H18N2O2. The first kappa shape index (κ1) is 11.9. The second kappa shape index (κ2) is 6.46. The molecule has 2 amide bonds. The van der Waals surface area contributed by atoms with Gasteiger partial charge < -0.3 is 11.5 Å². The molecule has 0 aromatic heterocycles. The van der Waals surface area contributed by atoms with Gasteiger partial charge in [0, 0.05) is 12.3 Å². The van der Waals surface area contributed by atoms with E-state index >= 15 is 0 Å². The maximum Gasteiger partial charge on any atom is 0.221 e. The highest BCUT2D eigenvalue weighted by atomic mass is 16.2. The summed E-state index contributed by atoms with van der Waals surface area (Å²) in [7, 11) is 0. The van der Waals surface area contributed by atoms with Crippen LogP contribution in [-0.2, 0) is 9.59 Å². The third-order valence-electron chi connectivity index (χ3n) is 2.01. The average Bonchev–Trinajstić information content (AvgIpc) is 2.02. The van der Waals surface area contributed by atoms with Crippen molar-refractivity contribution in [2.75, 3.05) is 0 Å². The lowest BCUT2D eigenvalue weighted by Gasteiger charge is -2.09. The smallest absolute Gasteiger partial charge is 0.221 e. The molecule has 0 bridgehead atoms. The van der Waals surface area contributed by atoms with Crippen molar-refractivity contribution in [1.82, 2.24) is 0 Å². The Morgan fingerprint density at radius 1 is 1.23 bits per heavy atom. The maximum atomic E-state index is 10.8. The lowest BCUT2D eigenvalue weighted by Crippen LogP contribution is -2.28. The zero-order valence-corrected chi connectivity index (χ0v) is 8.08. The zero-order valence-electron chi connectivity index (χ0n) is 8.08. The molecule has 4 N–H and O–H groups in total. The minimum atomic E-state index is -0.458. The lowest BCUT2D eigenvalue weighted by atomic mass is 9.97. The molecule has 0 rings (SSSR count). The summed E-state index contributed by atoms with van der Waals surface area (Å²) in [6.07, 6.45) is 3.83. The van der Waals surface area contributed by atoms with E-state index in [0.29, 0.717) is 6.42 Å². The molecule has 0 spiro atoms. The number of rotatable bonds is 7. The van der Waals surface area contributed by atoms with Gasteiger partial charge in [0.05, 0.1) is 0 Å². The molecule has 0 radical (unpaired) electrons. The number of primary amides is 2. The van der Waals surface area contributed by atoms with Crippen molar-refractivity contribution in [2.45, 2.75) is 39.0 Å². The fourth-order valence-electron chi connectivity index (χ4n) is 1.23. The third-order valence-corrected chi connectivity index (χ3v) is 2.01. The topological polar surface area (TPSA) is 86.2 Å². The molecule has 0 aromatic carbocycles. The van der Waals surface area contributed by atoms with Gasteiger partial charge in [-0.3, -0.25) is 9.59 Å². The Kier molecular flexibility index (Phi) is 5.93. The summed E-state index contributed by atoms with van der Waals surface area (Å²) in [6, 6.07) is 0. The summed E-state index contributed by atoms with van der Waals surface area (Å²) in [6.45, 7) is 2.08. The van der Waals surface area contributed by atoms with E-state index in [1.807, 2.05) is 0 Å². The van der Waals surface area contributed by atoms with Crippen molar-refractivity contribution in [1.29, 1.82) is 0 Å². The fraction of sp³-hybridized carbons (Fsp3) is 0.778. The molecule has 0 aliphatic heterocycles. The summed E-state index contributed by atoms with van der Waals surface area (Å²) in [5.74, 6) is -1.25. The number of hydrogen-bond donors (Lipinski definition) is 2. The van der Waals surface area contributed by atoms with Crippen molar-refractivity contribution in [3.8, 4) is 0 Å². The van der Waals surface area contributed by atoms with Crippen molar-refractivity contribution in [3.05, 3.63) is 0 Å². The Hall–Kier alpha value is -1.06. The van der Waals surface area contributed by atoms with Gasteiger partial charge in [0.15, 0.2) is 0 Å². The van der Waals surface area contributed by atoms with E-state index in [0.717, 1.165) is 19.3 Å². The highest BCUT2D eigenvalue weighted by Crippen LogP contribution is 2.12. The molecule has 0 saturated carbocycles. The van der Waals surface area contributed by atoms with Crippen LogP contribution in [0.15, 0.2) is 0 Å². The Labute approximate surface area is 78.7 Å². The predicted molar refractivity (Wildman–Crippen MR) is 50.6 cm³/mol. The van der Waals surface area contributed by atoms with Crippen LogP contribution < -0.4 is 11.5 Å². The van der Waals surface area contributed by atoms with Crippen LogP contribution in [0, 0.1) is 5.92 Å². The van der Waals surface area contributed by atoms with Crippen LogP contribution in [-0.4, -0.2) is 11.8 Å². The summed E-state index contributed by atoms with van der Waals surface area (Å²) in [5, 5.41) is 0. The van der Waals surface area contributed by atoms with Gasteiger partial charge in [0.1, 0.15) is 0 Å². The molecule has 0 fully saturated rings. The Morgan fingerprint density at radius 3 is 2.23 bits per heavy atom. The van der Waals surface area contributed by atoms with Gasteiger partial charge in [0.2, 0.25) is 11.8 Å². The number of hydrogen-bond acceptors (Lipinski definition) is 2. The number of carbonyl (C=O) groups excluding carboxylic acids is 2. The average molecular weight is 186 g/mol. The van der Waals surface area contributed by atoms with E-state index in [9.17, 15) is 9.59 Å². The minimum Gasteiger partial charge on any atom is -0.370 e. The van der Waals surface area contributed by atoms with Gasteiger partial charge in [-0.15, -0.1) is 0 Å². The molecular weight excluding hydrogens is 168 g/mol. The van der Waals surface area contributed by atoms with Crippen LogP contribution in [0.25, 0.3) is 0 Å². The zero-order chi connectivity index (χ0) is 10.3. The van der Waals surface area contributed by atoms with Crippen LogP contribution in [0.4, 0.5) is 0 Å². The Morgan fingerprint density at radius 2 is 1.85 bits per heavy atom. The number of nitrogens with two attached hydrogens (primary N) is 2. The molecule has 0 saturated heterocycles. The lowest BCUT2D eigenvalue weighted by molar-refractivity contribution is -0.127. The SMILES string of the molecule is CCCCCC(CC(N)=O)C(N)=O. The number of unbranched alkanes of at least 4 members (excludes halogenated alkanes) is 2. The van der Waals surface area contributed by atoms with E-state index < -0.39 is 11.8 Å². The fourth-order valence-corrected chi connectivity index (χ4v) is 1.23. The van der Waals surface area contributed by atoms with Crippen molar-refractivity contribution >= 4 is 11.8 Å². The van der Waals surface area contributed by atoms with Gasteiger partial charge in [0.25, 0.3) is 0 Å². The van der Waals surface area contributed by atoms with Crippen molar-refractivity contribution in [2.24, 2.45) is 17.4 Å². The number of amides is 2. The summed E-state index contributed by atoms with van der Waals surface area (Å²) < 4.78 is 0. The van der Waals surface area contributed by atoms with Gasteiger partial charge >= 0.3 is 0 Å². The molecule has 76 valence electrons. The molecule has 4 nitrogen and oxygen atoms in total. The van der Waals surface area contributed by atoms with Gasteiger partial charge in [-0.05, 0) is 6.42 Å². The van der Waals surface area contributed by atoms with Crippen molar-refractivity contribution in [3.63, 3.8) is 0 Å². The molecule has 0 aliphatic rings. The van der Waals surface area contributed by atoms with Crippen LogP contribution in [0.3, 0.4) is 0 Å². The van der Waals surface area contributed by atoms with Crippen LogP contribution in [0.2, 0.25) is 0 Å². The monoisotopic (exact) mass is 186 g/mol.